The molecule has 0 saturated carbocycles. The summed E-state index contributed by atoms with van der Waals surface area (Å²) in [6, 6.07) is 14.2. The first-order valence-electron chi connectivity index (χ1n) is 9.05. The summed E-state index contributed by atoms with van der Waals surface area (Å²) in [4.78, 5) is 22.4. The number of aromatic nitrogens is 2. The highest BCUT2D eigenvalue weighted by atomic mass is 16.4. The largest absolute Gasteiger partial charge is 0.508 e. The van der Waals surface area contributed by atoms with E-state index in [2.05, 4.69) is 15.6 Å². The summed E-state index contributed by atoms with van der Waals surface area (Å²) in [6.07, 6.45) is -0.0844. The van der Waals surface area contributed by atoms with Crippen molar-refractivity contribution in [2.45, 2.75) is 12.8 Å². The minimum Gasteiger partial charge on any atom is -0.508 e. The number of rotatable bonds is 7. The van der Waals surface area contributed by atoms with Gasteiger partial charge in [-0.25, -0.2) is 4.68 Å². The minimum atomic E-state index is -0.991. The highest BCUT2D eigenvalue weighted by Crippen LogP contribution is 2.25. The van der Waals surface area contributed by atoms with Gasteiger partial charge >= 0.3 is 5.97 Å². The van der Waals surface area contributed by atoms with Crippen molar-refractivity contribution in [3.8, 4) is 22.8 Å². The second-order valence-corrected chi connectivity index (χ2v) is 6.52. The fourth-order valence-corrected chi connectivity index (χ4v) is 2.74. The molecule has 9 nitrogen and oxygen atoms in total. The quantitative estimate of drug-likeness (QED) is 0.348. The van der Waals surface area contributed by atoms with E-state index < -0.39 is 5.97 Å². The fourth-order valence-electron chi connectivity index (χ4n) is 2.74. The lowest BCUT2D eigenvalue weighted by molar-refractivity contribution is -0.136. The lowest BCUT2D eigenvalue weighted by Gasteiger charge is -2.10. The topological polar surface area (TPSA) is 137 Å². The predicted octanol–water partition coefficient (Wildman–Crippen LogP) is 2.54. The monoisotopic (exact) mass is 408 g/mol. The van der Waals surface area contributed by atoms with Crippen molar-refractivity contribution in [3.05, 3.63) is 70.5 Å². The summed E-state index contributed by atoms with van der Waals surface area (Å²) in [5.41, 5.74) is 5.40. The number of phenols is 2. The van der Waals surface area contributed by atoms with Crippen LogP contribution in [0.2, 0.25) is 0 Å². The molecular weight excluding hydrogens is 388 g/mol. The van der Waals surface area contributed by atoms with Crippen molar-refractivity contribution in [2.75, 3.05) is 5.43 Å². The number of aryl methyl sites for hydroxylation is 1. The van der Waals surface area contributed by atoms with Crippen LogP contribution in [-0.4, -0.2) is 36.8 Å². The summed E-state index contributed by atoms with van der Waals surface area (Å²) in [7, 11) is 1.58. The van der Waals surface area contributed by atoms with E-state index >= 15 is 0 Å². The second-order valence-electron chi connectivity index (χ2n) is 6.52. The molecule has 1 aromatic heterocycles. The molecule has 0 aliphatic carbocycles. The molecule has 0 unspecified atom stereocenters. The number of hydrazone groups is 1. The number of hydrogen-bond acceptors (Lipinski definition) is 7. The zero-order valence-electron chi connectivity index (χ0n) is 16.1. The number of aliphatic carboxylic acids is 1. The van der Waals surface area contributed by atoms with Gasteiger partial charge in [0.05, 0.1) is 23.5 Å². The van der Waals surface area contributed by atoms with Gasteiger partial charge in [-0.15, -0.1) is 0 Å². The van der Waals surface area contributed by atoms with Crippen molar-refractivity contribution >= 4 is 17.4 Å². The lowest BCUT2D eigenvalue weighted by atomic mass is 10.0. The van der Waals surface area contributed by atoms with Crippen LogP contribution in [0.15, 0.2) is 64.5 Å². The molecule has 0 saturated heterocycles. The summed E-state index contributed by atoms with van der Waals surface area (Å²) in [6.45, 7) is 0. The minimum absolute atomic E-state index is 0.0840. The van der Waals surface area contributed by atoms with Crippen molar-refractivity contribution < 1.29 is 20.1 Å². The standard InChI is InChI=1S/C21H20N4O5/c1-25-20(28)10-8-17(24-25)13-2-4-14(5-3-13)22-23-18(9-11-21(29)30)16-7-6-15(26)12-19(16)27/h2-8,10,12,22,26-27H,9,11H2,1H3,(H,29,30). The molecule has 1 heterocycles. The van der Waals surface area contributed by atoms with Gasteiger partial charge < -0.3 is 15.3 Å². The molecule has 154 valence electrons. The molecule has 0 aliphatic heterocycles. The number of aromatic hydroxyl groups is 2. The van der Waals surface area contributed by atoms with Gasteiger partial charge in [0.1, 0.15) is 11.5 Å². The number of carboxylic acid groups (broad SMARTS) is 1. The molecule has 0 atom stereocenters. The van der Waals surface area contributed by atoms with E-state index in [9.17, 15) is 19.8 Å². The zero-order chi connectivity index (χ0) is 21.7. The smallest absolute Gasteiger partial charge is 0.303 e. The van der Waals surface area contributed by atoms with E-state index in [0.29, 0.717) is 22.7 Å². The van der Waals surface area contributed by atoms with E-state index in [1.807, 2.05) is 0 Å². The van der Waals surface area contributed by atoms with Gasteiger partial charge in [0.2, 0.25) is 0 Å². The van der Waals surface area contributed by atoms with E-state index in [1.54, 1.807) is 37.4 Å². The Morgan fingerprint density at radius 2 is 1.80 bits per heavy atom. The van der Waals surface area contributed by atoms with E-state index in [1.165, 1.54) is 28.9 Å². The number of anilines is 1. The van der Waals surface area contributed by atoms with Crippen LogP contribution in [0.3, 0.4) is 0 Å². The molecule has 0 aliphatic rings. The maximum atomic E-state index is 11.5. The molecule has 3 aromatic rings. The Morgan fingerprint density at radius 1 is 1.07 bits per heavy atom. The van der Waals surface area contributed by atoms with Crippen LogP contribution < -0.4 is 11.0 Å². The summed E-state index contributed by atoms with van der Waals surface area (Å²) in [5, 5.41) is 37.0. The molecule has 9 heteroatoms. The average molecular weight is 408 g/mol. The molecular formula is C21H20N4O5. The van der Waals surface area contributed by atoms with Crippen LogP contribution in [0.5, 0.6) is 11.5 Å². The molecule has 0 radical (unpaired) electrons. The number of hydrogen-bond donors (Lipinski definition) is 4. The second kappa shape index (κ2) is 8.91. The Bertz CT molecular complexity index is 1150. The maximum absolute atomic E-state index is 11.5. The lowest BCUT2D eigenvalue weighted by Crippen LogP contribution is -2.18. The normalized spacial score (nSPS) is 11.3. The Balaban J connectivity index is 1.83. The molecule has 3 rings (SSSR count). The molecule has 0 spiro atoms. The Morgan fingerprint density at radius 3 is 2.43 bits per heavy atom. The Kier molecular flexibility index (Phi) is 6.11. The molecule has 0 fully saturated rings. The van der Waals surface area contributed by atoms with Gasteiger partial charge in [0, 0.05) is 36.7 Å². The highest BCUT2D eigenvalue weighted by molar-refractivity contribution is 6.04. The number of carboxylic acids is 1. The third-order valence-corrected chi connectivity index (χ3v) is 4.33. The van der Waals surface area contributed by atoms with Crippen LogP contribution in [0.1, 0.15) is 18.4 Å². The number of benzene rings is 2. The first kappa shape index (κ1) is 20.6. The molecule has 4 N–H and O–H groups in total. The van der Waals surface area contributed by atoms with E-state index in [0.717, 1.165) is 5.56 Å². The zero-order valence-corrected chi connectivity index (χ0v) is 16.1. The van der Waals surface area contributed by atoms with Crippen molar-refractivity contribution in [1.82, 2.24) is 9.78 Å². The van der Waals surface area contributed by atoms with Gasteiger partial charge in [0.25, 0.3) is 5.56 Å². The molecule has 0 amide bonds. The Hall–Kier alpha value is -4.14. The third-order valence-electron chi connectivity index (χ3n) is 4.33. The molecule has 2 aromatic carbocycles. The molecule has 30 heavy (non-hydrogen) atoms. The average Bonchev–Trinajstić information content (AvgIpc) is 2.71. The van der Waals surface area contributed by atoms with Gasteiger partial charge in [-0.3, -0.25) is 15.0 Å². The van der Waals surface area contributed by atoms with Crippen molar-refractivity contribution in [2.24, 2.45) is 12.1 Å². The van der Waals surface area contributed by atoms with Crippen LogP contribution in [0.25, 0.3) is 11.3 Å². The third kappa shape index (κ3) is 5.02. The summed E-state index contributed by atoms with van der Waals surface area (Å²) < 4.78 is 1.25. The highest BCUT2D eigenvalue weighted by Gasteiger charge is 2.12. The van der Waals surface area contributed by atoms with Crippen LogP contribution >= 0.6 is 0 Å². The van der Waals surface area contributed by atoms with Gasteiger partial charge in [-0.05, 0) is 30.3 Å². The van der Waals surface area contributed by atoms with Crippen LogP contribution in [0, 0.1) is 0 Å². The van der Waals surface area contributed by atoms with Crippen molar-refractivity contribution in [3.63, 3.8) is 0 Å². The van der Waals surface area contributed by atoms with E-state index in [-0.39, 0.29) is 29.9 Å². The van der Waals surface area contributed by atoms with Gasteiger partial charge in [-0.2, -0.15) is 10.2 Å². The van der Waals surface area contributed by atoms with Crippen molar-refractivity contribution in [1.29, 1.82) is 0 Å². The summed E-state index contributed by atoms with van der Waals surface area (Å²) in [5.74, 6) is -1.29. The number of phenolic OH excluding ortho intramolecular Hbond substituents is 2. The number of carbonyl (C=O) groups is 1. The summed E-state index contributed by atoms with van der Waals surface area (Å²) >= 11 is 0. The molecule has 0 bridgehead atoms. The van der Waals surface area contributed by atoms with Crippen LogP contribution in [0.4, 0.5) is 5.69 Å². The predicted molar refractivity (Wildman–Crippen MR) is 112 cm³/mol. The Labute approximate surface area is 171 Å². The SMILES string of the molecule is Cn1nc(-c2ccc(NN=C(CCC(=O)O)c3ccc(O)cc3O)cc2)ccc1=O. The van der Waals surface area contributed by atoms with Gasteiger partial charge in [0.15, 0.2) is 0 Å². The number of nitrogens with zero attached hydrogens (tertiary/aromatic N) is 3. The number of nitrogens with one attached hydrogen (secondary N) is 1. The first-order valence-corrected chi connectivity index (χ1v) is 9.05. The van der Waals surface area contributed by atoms with Crippen LogP contribution in [-0.2, 0) is 11.8 Å². The van der Waals surface area contributed by atoms with E-state index in [4.69, 9.17) is 5.11 Å². The maximum Gasteiger partial charge on any atom is 0.303 e. The fraction of sp³-hybridized carbons (Fsp3) is 0.143. The first-order chi connectivity index (χ1) is 14.3. The van der Waals surface area contributed by atoms with Gasteiger partial charge in [-0.1, -0.05) is 12.1 Å².